The van der Waals surface area contributed by atoms with Crippen LogP contribution in [0.5, 0.6) is 0 Å². The average Bonchev–Trinajstić information content (AvgIpc) is 3.45. The number of nitrogens with zero attached hydrogens (tertiary/aromatic N) is 2. The molecule has 2 unspecified atom stereocenters. The van der Waals surface area contributed by atoms with E-state index in [1.54, 1.807) is 0 Å². The molecule has 0 radical (unpaired) electrons. The molecule has 2 amide bonds. The molecule has 2 aliphatic rings. The molecule has 0 saturated carbocycles. The van der Waals surface area contributed by atoms with Gasteiger partial charge in [0.15, 0.2) is 0 Å². The van der Waals surface area contributed by atoms with Gasteiger partial charge in [0.25, 0.3) is 0 Å². The number of fused-ring (bicyclic) bond motifs is 2. The summed E-state index contributed by atoms with van der Waals surface area (Å²) in [5, 5.41) is 21.2. The molecule has 2 aliphatic carbocycles. The zero-order valence-corrected chi connectivity index (χ0v) is 45.4. The van der Waals surface area contributed by atoms with Crippen molar-refractivity contribution >= 4 is 79.4 Å². The van der Waals surface area contributed by atoms with Crippen LogP contribution in [0.15, 0.2) is 175 Å². The summed E-state index contributed by atoms with van der Waals surface area (Å²) < 4.78 is 2.19. The molecule has 0 aromatic heterocycles. The van der Waals surface area contributed by atoms with Crippen molar-refractivity contribution in [3.8, 4) is 0 Å². The first-order valence-electron chi connectivity index (χ1n) is 27.3. The van der Waals surface area contributed by atoms with Gasteiger partial charge in [-0.3, -0.25) is 14.4 Å². The Kier molecular flexibility index (Phi) is 16.1. The van der Waals surface area contributed by atoms with Gasteiger partial charge in [-0.05, 0) is 101 Å². The Balaban J connectivity index is 1.32. The summed E-state index contributed by atoms with van der Waals surface area (Å²) >= 11 is 0. The predicted octanol–water partition coefficient (Wildman–Crippen LogP) is 16.6. The van der Waals surface area contributed by atoms with Gasteiger partial charge < -0.3 is 20.6 Å². The lowest BCUT2D eigenvalue weighted by Gasteiger charge is -2.32. The molecule has 0 heterocycles. The van der Waals surface area contributed by atoms with Crippen LogP contribution >= 0.6 is 0 Å². The highest BCUT2D eigenvalue weighted by molar-refractivity contribution is 6.44. The Morgan fingerprint density at radius 2 is 1.01 bits per heavy atom. The van der Waals surface area contributed by atoms with Crippen LogP contribution in [-0.2, 0) is 14.4 Å². The number of hydrogen-bond acceptors (Lipinski definition) is 5. The number of ketones is 1. The highest BCUT2D eigenvalue weighted by Crippen LogP contribution is 2.51. The number of anilines is 4. The molecule has 76 heavy (non-hydrogen) atoms. The highest BCUT2D eigenvalue weighted by Gasteiger charge is 2.44. The number of hydrogen-bond donors (Lipinski definition) is 3. The molecule has 386 valence electrons. The van der Waals surface area contributed by atoms with Gasteiger partial charge in [-0.1, -0.05) is 167 Å². The Morgan fingerprint density at radius 3 is 1.50 bits per heavy atom. The number of carbonyl (C=O) groups excluding carboxylic acids is 3. The van der Waals surface area contributed by atoms with Gasteiger partial charge >= 0.3 is 0 Å². The number of aliphatic hydroxyl groups excluding tert-OH is 1. The standard InChI is InChI=1S/C68H70N4O4/c1-9-13-19-47(11-3)67(75)69-57-41-59(71(49-33-25-43(5)26-34-49)50-35-27-44(6)28-36-50)53-21-15-17-23-55(53)61(57)63-65(73)64(66(63)74)62-56-24-18-16-22-54(56)60(42-58(62)70-68(76)48(12-4)20-14-10-2)72(51-37-29-45(7)30-38-51)52-39-31-46(8)32-40-52/h15-18,21-42,47-48H,9-14,19-20H2,1-8H3,(H2,69,70,73,74,75,76)/p+1. The van der Waals surface area contributed by atoms with E-state index < -0.39 is 5.78 Å². The van der Waals surface area contributed by atoms with Gasteiger partial charge in [-0.2, -0.15) is 4.58 Å². The molecule has 0 fully saturated rings. The molecule has 7 aromatic carbocycles. The van der Waals surface area contributed by atoms with Gasteiger partial charge in [0.2, 0.25) is 34.7 Å². The molecule has 7 aromatic rings. The Morgan fingerprint density at radius 1 is 0.553 bits per heavy atom. The molecule has 8 heteroatoms. The summed E-state index contributed by atoms with van der Waals surface area (Å²) in [6.07, 6.45) is 8.41. The second kappa shape index (κ2) is 23.2. The van der Waals surface area contributed by atoms with Crippen molar-refractivity contribution in [2.75, 3.05) is 10.2 Å². The molecular weight excluding hydrogens is 937 g/mol. The van der Waals surface area contributed by atoms with E-state index in [4.69, 9.17) is 0 Å². The predicted molar refractivity (Wildman–Crippen MR) is 315 cm³/mol. The van der Waals surface area contributed by atoms with Crippen molar-refractivity contribution in [1.29, 1.82) is 0 Å². The molecule has 8 nitrogen and oxygen atoms in total. The number of nitrogens with one attached hydrogen (secondary N) is 2. The molecule has 0 saturated heterocycles. The summed E-state index contributed by atoms with van der Waals surface area (Å²) in [4.78, 5) is 47.2. The lowest BCUT2D eigenvalue weighted by molar-refractivity contribution is -0.124. The number of carbonyl (C=O) groups is 3. The van der Waals surface area contributed by atoms with E-state index in [0.29, 0.717) is 46.3 Å². The fraction of sp³-hybridized carbons (Fsp3) is 0.265. The van der Waals surface area contributed by atoms with Crippen molar-refractivity contribution in [1.82, 2.24) is 9.89 Å². The Hall–Kier alpha value is -8.10. The maximum atomic E-state index is 15.7. The number of rotatable bonds is 18. The summed E-state index contributed by atoms with van der Waals surface area (Å²) in [5.74, 6) is -1.41. The van der Waals surface area contributed by atoms with E-state index in [1.165, 1.54) is 0 Å². The Bertz CT molecular complexity index is 3360. The van der Waals surface area contributed by atoms with Crippen LogP contribution in [0.1, 0.15) is 118 Å². The third-order valence-electron chi connectivity index (χ3n) is 15.2. The van der Waals surface area contributed by atoms with Crippen LogP contribution < -0.4 is 20.1 Å². The van der Waals surface area contributed by atoms with E-state index in [1.807, 2.05) is 74.5 Å². The van der Waals surface area contributed by atoms with Crippen LogP contribution in [0.4, 0.5) is 34.1 Å². The molecule has 2 atom stereocenters. The molecule has 3 N–H and O–H groups in total. The summed E-state index contributed by atoms with van der Waals surface area (Å²) in [5.41, 5.74) is 13.2. The first kappa shape index (κ1) is 52.8. The van der Waals surface area contributed by atoms with Gasteiger partial charge in [0, 0.05) is 70.1 Å². The van der Waals surface area contributed by atoms with Gasteiger partial charge in [0.1, 0.15) is 5.76 Å². The number of benzene rings is 7. The van der Waals surface area contributed by atoms with Crippen LogP contribution in [-0.4, -0.2) is 28.4 Å². The summed E-state index contributed by atoms with van der Waals surface area (Å²) in [7, 11) is 0. The van der Waals surface area contributed by atoms with E-state index in [-0.39, 0.29) is 40.6 Å². The van der Waals surface area contributed by atoms with Gasteiger partial charge in [-0.15, -0.1) is 0 Å². The van der Waals surface area contributed by atoms with E-state index in [0.717, 1.165) is 106 Å². The van der Waals surface area contributed by atoms with Crippen molar-refractivity contribution in [2.45, 2.75) is 107 Å². The maximum absolute atomic E-state index is 15.7. The Labute approximate surface area is 449 Å². The zero-order chi connectivity index (χ0) is 53.6. The number of unbranched alkanes of at least 4 members (excludes halogenated alkanes) is 2. The quantitative estimate of drug-likeness (QED) is 0.0587. The SMILES string of the molecule is CCCCC(CC)C(=O)NC1=CC(=[N+](c2ccc(C)cc2)c2ccc(C)cc2)c2ccccc2/C1=C1\C(=O)C(c2c(NC(=O)C(CC)CCCC)cc(N(c3ccc(C)cc3)c3ccc(C)cc3)c3ccccc23)=C1O. The second-order valence-electron chi connectivity index (χ2n) is 20.6. The van der Waals surface area contributed by atoms with Crippen molar-refractivity contribution in [2.24, 2.45) is 11.8 Å². The minimum atomic E-state index is -0.391. The molecular formula is C68H71N4O4+. The first-order valence-corrected chi connectivity index (χ1v) is 27.3. The monoisotopic (exact) mass is 1010 g/mol. The number of amides is 2. The van der Waals surface area contributed by atoms with Gasteiger partial charge in [-0.25, -0.2) is 0 Å². The first-order chi connectivity index (χ1) is 36.8. The van der Waals surface area contributed by atoms with Gasteiger partial charge in [0.05, 0.1) is 33.8 Å². The third-order valence-corrected chi connectivity index (χ3v) is 15.2. The lowest BCUT2D eigenvalue weighted by atomic mass is 9.74. The van der Waals surface area contributed by atoms with E-state index >= 15 is 4.79 Å². The smallest absolute Gasteiger partial charge is 0.227 e. The normalized spacial score (nSPS) is 14.9. The largest absolute Gasteiger partial charge is 0.506 e. The molecule has 0 spiro atoms. The lowest BCUT2D eigenvalue weighted by Crippen LogP contribution is -2.35. The topological polar surface area (TPSA) is 102 Å². The molecule has 9 rings (SSSR count). The molecule has 0 aliphatic heterocycles. The highest BCUT2D eigenvalue weighted by atomic mass is 16.3. The van der Waals surface area contributed by atoms with E-state index in [2.05, 4.69) is 159 Å². The zero-order valence-electron chi connectivity index (χ0n) is 45.4. The van der Waals surface area contributed by atoms with Crippen molar-refractivity contribution in [3.63, 3.8) is 0 Å². The fourth-order valence-corrected chi connectivity index (χ4v) is 10.7. The van der Waals surface area contributed by atoms with Crippen LogP contribution in [0.3, 0.4) is 0 Å². The van der Waals surface area contributed by atoms with E-state index in [9.17, 15) is 14.7 Å². The van der Waals surface area contributed by atoms with Crippen molar-refractivity contribution in [3.05, 3.63) is 214 Å². The second-order valence-corrected chi connectivity index (χ2v) is 20.6. The number of aliphatic hydroxyl groups is 1. The minimum Gasteiger partial charge on any atom is -0.506 e. The fourth-order valence-electron chi connectivity index (χ4n) is 10.7. The molecule has 0 bridgehead atoms. The number of aryl methyl sites for hydroxylation is 4. The summed E-state index contributed by atoms with van der Waals surface area (Å²) in [6.45, 7) is 16.6. The van der Waals surface area contributed by atoms with Crippen molar-refractivity contribution < 1.29 is 19.5 Å². The summed E-state index contributed by atoms with van der Waals surface area (Å²) in [6, 6.07) is 51.3. The number of allylic oxidation sites excluding steroid dienone is 4. The van der Waals surface area contributed by atoms with Crippen LogP contribution in [0.2, 0.25) is 0 Å². The average molecular weight is 1010 g/mol. The van der Waals surface area contributed by atoms with Crippen LogP contribution in [0.25, 0.3) is 21.9 Å². The number of Topliss-reactive ketones (excluding diaryl/α,β-unsaturated/α-hetero) is 1. The third kappa shape index (κ3) is 10.6. The minimum absolute atomic E-state index is 0.104. The van der Waals surface area contributed by atoms with Crippen LogP contribution in [0, 0.1) is 39.5 Å². The maximum Gasteiger partial charge on any atom is 0.227 e.